The van der Waals surface area contributed by atoms with Crippen molar-refractivity contribution in [2.75, 3.05) is 0 Å². The van der Waals surface area contributed by atoms with Gasteiger partial charge in [0.25, 0.3) is 0 Å². The molecule has 1 atom stereocenters. The maximum absolute atomic E-state index is 2.43. The zero-order valence-corrected chi connectivity index (χ0v) is 14.9. The Morgan fingerprint density at radius 2 is 1.30 bits per heavy atom. The van der Waals surface area contributed by atoms with Gasteiger partial charge in [-0.1, -0.05) is 82.1 Å². The molecule has 1 unspecified atom stereocenters. The second kappa shape index (κ2) is 6.91. The second-order valence-corrected chi connectivity index (χ2v) is 7.38. The van der Waals surface area contributed by atoms with Gasteiger partial charge in [-0.05, 0) is 53.9 Å². The summed E-state index contributed by atoms with van der Waals surface area (Å²) in [6.45, 7) is 6.89. The largest absolute Gasteiger partial charge is 0.0625 e. The first kappa shape index (κ1) is 16.3. The molecule has 1 saturated carbocycles. The van der Waals surface area contributed by atoms with Gasteiger partial charge in [-0.25, -0.2) is 0 Å². The first-order valence-electron chi connectivity index (χ1n) is 9.37. The third kappa shape index (κ3) is 3.22. The van der Waals surface area contributed by atoms with Crippen LogP contribution in [0.1, 0.15) is 68.7 Å². The highest BCUT2D eigenvalue weighted by molar-refractivity contribution is 5.42. The molecule has 0 heterocycles. The van der Waals surface area contributed by atoms with Crippen molar-refractivity contribution < 1.29 is 0 Å². The third-order valence-corrected chi connectivity index (χ3v) is 5.83. The minimum Gasteiger partial charge on any atom is -0.0625 e. The normalized spacial score (nSPS) is 20.4. The molecule has 2 aromatic carbocycles. The summed E-state index contributed by atoms with van der Waals surface area (Å²) in [5.41, 5.74) is 6.13. The Balaban J connectivity index is 2.05. The smallest absolute Gasteiger partial charge is 0.0205 e. The number of hydrogen-bond donors (Lipinski definition) is 0. The summed E-state index contributed by atoms with van der Waals surface area (Å²) < 4.78 is 0. The molecule has 0 radical (unpaired) electrons. The molecular formula is C23H30. The Hall–Kier alpha value is -1.56. The van der Waals surface area contributed by atoms with Crippen LogP contribution in [0.4, 0.5) is 0 Å². The van der Waals surface area contributed by atoms with Crippen LogP contribution in [-0.2, 0) is 18.3 Å². The molecule has 0 nitrogen and oxygen atoms in total. The zero-order chi connectivity index (χ0) is 16.3. The predicted molar refractivity (Wildman–Crippen MR) is 100 cm³/mol. The van der Waals surface area contributed by atoms with Crippen molar-refractivity contribution in [3.05, 3.63) is 70.8 Å². The van der Waals surface area contributed by atoms with E-state index in [1.54, 1.807) is 0 Å². The Kier molecular flexibility index (Phi) is 4.90. The number of rotatable bonds is 4. The molecule has 0 aliphatic heterocycles. The van der Waals surface area contributed by atoms with E-state index < -0.39 is 0 Å². The average molecular weight is 306 g/mol. The predicted octanol–water partition coefficient (Wildman–Crippen LogP) is 6.31. The molecule has 0 amide bonds. The summed E-state index contributed by atoms with van der Waals surface area (Å²) in [6.07, 6.45) is 7.52. The molecular weight excluding hydrogens is 276 g/mol. The van der Waals surface area contributed by atoms with Crippen LogP contribution < -0.4 is 0 Å². The van der Waals surface area contributed by atoms with Crippen LogP contribution in [0.5, 0.6) is 0 Å². The van der Waals surface area contributed by atoms with Gasteiger partial charge in [0.15, 0.2) is 0 Å². The van der Waals surface area contributed by atoms with Crippen LogP contribution >= 0.6 is 0 Å². The van der Waals surface area contributed by atoms with Crippen LogP contribution in [-0.4, -0.2) is 0 Å². The highest BCUT2D eigenvalue weighted by Gasteiger charge is 2.38. The quantitative estimate of drug-likeness (QED) is 0.621. The van der Waals surface area contributed by atoms with Gasteiger partial charge < -0.3 is 0 Å². The van der Waals surface area contributed by atoms with Gasteiger partial charge in [-0.15, -0.1) is 0 Å². The molecule has 2 aromatic rings. The molecule has 0 heteroatoms. The second-order valence-electron chi connectivity index (χ2n) is 7.38. The Bertz CT molecular complexity index is 571. The van der Waals surface area contributed by atoms with E-state index in [9.17, 15) is 0 Å². The van der Waals surface area contributed by atoms with Gasteiger partial charge in [0.05, 0.1) is 0 Å². The van der Waals surface area contributed by atoms with E-state index in [4.69, 9.17) is 0 Å². The molecule has 0 saturated heterocycles. The molecule has 0 spiro atoms. The maximum Gasteiger partial charge on any atom is 0.0205 e. The van der Waals surface area contributed by atoms with Crippen molar-refractivity contribution in [1.29, 1.82) is 0 Å². The van der Waals surface area contributed by atoms with Crippen molar-refractivity contribution in [1.82, 2.24) is 0 Å². The number of aryl methyl sites for hydroxylation is 2. The summed E-state index contributed by atoms with van der Waals surface area (Å²) >= 11 is 0. The summed E-state index contributed by atoms with van der Waals surface area (Å²) in [7, 11) is 0. The van der Waals surface area contributed by atoms with Crippen LogP contribution in [0.15, 0.2) is 48.5 Å². The molecule has 0 N–H and O–H groups in total. The standard InChI is InChI=1S/C23H30/c1-4-19-8-12-21(13-9-19)23(16-6-7-18(3)17-23)22-14-10-20(5-2)11-15-22/h8-15,18H,4-7,16-17H2,1-3H3. The van der Waals surface area contributed by atoms with E-state index in [0.29, 0.717) is 0 Å². The van der Waals surface area contributed by atoms with Crippen molar-refractivity contribution >= 4 is 0 Å². The monoisotopic (exact) mass is 306 g/mol. The number of hydrogen-bond acceptors (Lipinski definition) is 0. The maximum atomic E-state index is 2.43. The fraction of sp³-hybridized carbons (Fsp3) is 0.478. The van der Waals surface area contributed by atoms with Crippen LogP contribution in [0.25, 0.3) is 0 Å². The first-order valence-corrected chi connectivity index (χ1v) is 9.37. The van der Waals surface area contributed by atoms with Crippen LogP contribution in [0.3, 0.4) is 0 Å². The summed E-state index contributed by atoms with van der Waals surface area (Å²) in [4.78, 5) is 0. The number of benzene rings is 2. The van der Waals surface area contributed by atoms with Crippen LogP contribution in [0, 0.1) is 5.92 Å². The van der Waals surface area contributed by atoms with Crippen LogP contribution in [0.2, 0.25) is 0 Å². The zero-order valence-electron chi connectivity index (χ0n) is 14.9. The lowest BCUT2D eigenvalue weighted by molar-refractivity contribution is 0.272. The van der Waals surface area contributed by atoms with E-state index in [-0.39, 0.29) is 5.41 Å². The Morgan fingerprint density at radius 3 is 1.70 bits per heavy atom. The molecule has 0 aromatic heterocycles. The van der Waals surface area contributed by atoms with Crippen molar-refractivity contribution in [2.24, 2.45) is 5.92 Å². The van der Waals surface area contributed by atoms with Crippen molar-refractivity contribution in [3.63, 3.8) is 0 Å². The molecule has 1 aliphatic carbocycles. The van der Waals surface area contributed by atoms with E-state index in [1.807, 2.05) is 0 Å². The SMILES string of the molecule is CCc1ccc(C2(c3ccc(CC)cc3)CCCC(C)C2)cc1. The summed E-state index contributed by atoms with van der Waals surface area (Å²) in [5.74, 6) is 0.806. The van der Waals surface area contributed by atoms with Gasteiger partial charge in [0.2, 0.25) is 0 Å². The lowest BCUT2D eigenvalue weighted by Gasteiger charge is -2.41. The molecule has 3 rings (SSSR count). The molecule has 1 fully saturated rings. The fourth-order valence-electron chi connectivity index (χ4n) is 4.36. The van der Waals surface area contributed by atoms with Crippen molar-refractivity contribution in [3.8, 4) is 0 Å². The van der Waals surface area contributed by atoms with E-state index in [1.165, 1.54) is 47.9 Å². The van der Waals surface area contributed by atoms with Gasteiger partial charge in [0, 0.05) is 5.41 Å². The Labute approximate surface area is 141 Å². The highest BCUT2D eigenvalue weighted by atomic mass is 14.4. The molecule has 23 heavy (non-hydrogen) atoms. The summed E-state index contributed by atoms with van der Waals surface area (Å²) in [6, 6.07) is 18.9. The van der Waals surface area contributed by atoms with E-state index >= 15 is 0 Å². The third-order valence-electron chi connectivity index (χ3n) is 5.83. The molecule has 0 bridgehead atoms. The summed E-state index contributed by atoms with van der Waals surface area (Å²) in [5, 5.41) is 0. The topological polar surface area (TPSA) is 0 Å². The molecule has 122 valence electrons. The van der Waals surface area contributed by atoms with E-state index in [0.717, 1.165) is 18.8 Å². The first-order chi connectivity index (χ1) is 11.2. The Morgan fingerprint density at radius 1 is 0.826 bits per heavy atom. The highest BCUT2D eigenvalue weighted by Crippen LogP contribution is 2.46. The van der Waals surface area contributed by atoms with Gasteiger partial charge in [-0.2, -0.15) is 0 Å². The minimum atomic E-state index is 0.218. The lowest BCUT2D eigenvalue weighted by Crippen LogP contribution is -2.33. The van der Waals surface area contributed by atoms with Gasteiger partial charge in [-0.3, -0.25) is 0 Å². The minimum absolute atomic E-state index is 0.218. The van der Waals surface area contributed by atoms with E-state index in [2.05, 4.69) is 69.3 Å². The van der Waals surface area contributed by atoms with Gasteiger partial charge in [0.1, 0.15) is 0 Å². The molecule has 1 aliphatic rings. The fourth-order valence-corrected chi connectivity index (χ4v) is 4.36. The van der Waals surface area contributed by atoms with Crippen molar-refractivity contribution in [2.45, 2.75) is 64.7 Å². The van der Waals surface area contributed by atoms with Gasteiger partial charge >= 0.3 is 0 Å². The lowest BCUT2D eigenvalue weighted by atomic mass is 9.62. The average Bonchev–Trinajstić information content (AvgIpc) is 2.62.